The summed E-state index contributed by atoms with van der Waals surface area (Å²) >= 11 is 0. The monoisotopic (exact) mass is 468 g/mol. The van der Waals surface area contributed by atoms with Gasteiger partial charge in [-0.25, -0.2) is 4.98 Å². The van der Waals surface area contributed by atoms with Gasteiger partial charge in [-0.05, 0) is 45.9 Å². The Hall–Kier alpha value is -4.41. The second kappa shape index (κ2) is 8.75. The van der Waals surface area contributed by atoms with Gasteiger partial charge >= 0.3 is 0 Å². The van der Waals surface area contributed by atoms with Crippen LogP contribution in [-0.4, -0.2) is 49.9 Å². The number of nitrogens with zero attached hydrogens (tertiary/aromatic N) is 7. The Morgan fingerprint density at radius 1 is 1.17 bits per heavy atom. The summed E-state index contributed by atoms with van der Waals surface area (Å²) in [5.74, 6) is 0.113. The number of β-amino-alcohol motifs (C(OH)–C–C–N with tert-alkyl or cyclic N) is 1. The minimum absolute atomic E-state index is 0.267. The molecular weight excluding hydrogens is 444 g/mol. The number of carbonyl (C=O) groups excluding carboxylic acids is 1. The van der Waals surface area contributed by atoms with Gasteiger partial charge in [0.15, 0.2) is 0 Å². The van der Waals surface area contributed by atoms with E-state index in [1.165, 1.54) is 6.20 Å². The molecule has 0 spiro atoms. The normalized spacial score (nSPS) is 14.4. The van der Waals surface area contributed by atoms with Crippen molar-refractivity contribution in [3.05, 3.63) is 59.3 Å². The molecule has 0 bridgehead atoms. The molecule has 1 aliphatic heterocycles. The van der Waals surface area contributed by atoms with Crippen molar-refractivity contribution in [2.75, 3.05) is 23.3 Å². The zero-order valence-electron chi connectivity index (χ0n) is 19.9. The SMILES string of the molecule is Cc1ncc(NC(=O)c2cnnc(C(C)(C)C#N)c2)cc1-c1cnc(N2CC(C)(O)C2)c(C#N)c1. The van der Waals surface area contributed by atoms with Gasteiger partial charge in [0, 0.05) is 36.1 Å². The van der Waals surface area contributed by atoms with Gasteiger partial charge in [-0.1, -0.05) is 0 Å². The Bertz CT molecular complexity index is 1390. The Labute approximate surface area is 202 Å². The molecule has 176 valence electrons. The third kappa shape index (κ3) is 4.79. The number of nitrogens with one attached hydrogen (secondary N) is 1. The van der Waals surface area contributed by atoms with Crippen LogP contribution in [0, 0.1) is 29.6 Å². The second-order valence-corrected chi connectivity index (χ2v) is 9.44. The molecule has 0 aromatic carbocycles. The quantitative estimate of drug-likeness (QED) is 0.575. The first kappa shape index (κ1) is 23.7. The number of hydrogen-bond acceptors (Lipinski definition) is 9. The van der Waals surface area contributed by atoms with Crippen LogP contribution in [0.5, 0.6) is 0 Å². The molecule has 2 N–H and O–H groups in total. The highest BCUT2D eigenvalue weighted by Gasteiger charge is 2.38. The number of aromatic nitrogens is 4. The number of aryl methyl sites for hydroxylation is 1. The first-order valence-corrected chi connectivity index (χ1v) is 10.9. The first-order chi connectivity index (χ1) is 16.5. The molecule has 1 amide bonds. The maximum atomic E-state index is 12.9. The van der Waals surface area contributed by atoms with Gasteiger partial charge in [0.2, 0.25) is 0 Å². The molecule has 10 nitrogen and oxygen atoms in total. The summed E-state index contributed by atoms with van der Waals surface area (Å²) in [6, 6.07) is 9.37. The van der Waals surface area contributed by atoms with Gasteiger partial charge in [0.25, 0.3) is 5.91 Å². The minimum Gasteiger partial charge on any atom is -0.386 e. The Morgan fingerprint density at radius 2 is 1.91 bits per heavy atom. The van der Waals surface area contributed by atoms with E-state index >= 15 is 0 Å². The molecule has 3 aromatic rings. The van der Waals surface area contributed by atoms with Crippen molar-refractivity contribution in [3.8, 4) is 23.3 Å². The summed E-state index contributed by atoms with van der Waals surface area (Å²) in [5, 5.41) is 39.7. The van der Waals surface area contributed by atoms with Crippen molar-refractivity contribution in [3.63, 3.8) is 0 Å². The average Bonchev–Trinajstić information content (AvgIpc) is 2.83. The van der Waals surface area contributed by atoms with Crippen LogP contribution in [0.2, 0.25) is 0 Å². The number of aliphatic hydroxyl groups is 1. The van der Waals surface area contributed by atoms with Gasteiger partial charge in [0.05, 0.1) is 52.0 Å². The molecule has 1 fully saturated rings. The van der Waals surface area contributed by atoms with Crippen LogP contribution < -0.4 is 10.2 Å². The number of anilines is 2. The lowest BCUT2D eigenvalue weighted by molar-refractivity contribution is 0.0305. The van der Waals surface area contributed by atoms with E-state index in [0.717, 1.165) is 0 Å². The van der Waals surface area contributed by atoms with Gasteiger partial charge in [-0.2, -0.15) is 20.7 Å². The van der Waals surface area contributed by atoms with Gasteiger partial charge in [-0.15, -0.1) is 0 Å². The fourth-order valence-corrected chi connectivity index (χ4v) is 3.82. The topological polar surface area (TPSA) is 152 Å². The van der Waals surface area contributed by atoms with Crippen LogP contribution in [0.15, 0.2) is 36.8 Å². The van der Waals surface area contributed by atoms with E-state index in [-0.39, 0.29) is 5.56 Å². The van der Waals surface area contributed by atoms with Crippen molar-refractivity contribution in [1.82, 2.24) is 20.2 Å². The number of rotatable bonds is 5. The van der Waals surface area contributed by atoms with Gasteiger partial charge in [0.1, 0.15) is 11.9 Å². The lowest BCUT2D eigenvalue weighted by atomic mass is 9.90. The van der Waals surface area contributed by atoms with Crippen LogP contribution in [0.1, 0.15) is 48.1 Å². The van der Waals surface area contributed by atoms with Crippen molar-refractivity contribution >= 4 is 17.4 Å². The Morgan fingerprint density at radius 3 is 2.57 bits per heavy atom. The predicted molar refractivity (Wildman–Crippen MR) is 128 cm³/mol. The third-order valence-electron chi connectivity index (χ3n) is 5.84. The molecule has 4 rings (SSSR count). The van der Waals surface area contributed by atoms with Crippen molar-refractivity contribution in [1.29, 1.82) is 10.5 Å². The number of pyridine rings is 2. The molecule has 0 saturated carbocycles. The lowest BCUT2D eigenvalue weighted by Crippen LogP contribution is -2.60. The van der Waals surface area contributed by atoms with E-state index in [4.69, 9.17) is 0 Å². The summed E-state index contributed by atoms with van der Waals surface area (Å²) in [6.45, 7) is 7.80. The first-order valence-electron chi connectivity index (χ1n) is 10.9. The van der Waals surface area contributed by atoms with Crippen molar-refractivity contribution < 1.29 is 9.90 Å². The fraction of sp³-hybridized carbons (Fsp3) is 0.320. The molecule has 35 heavy (non-hydrogen) atoms. The lowest BCUT2D eigenvalue weighted by Gasteiger charge is -2.45. The van der Waals surface area contributed by atoms with Crippen molar-refractivity contribution in [2.45, 2.75) is 38.7 Å². The fourth-order valence-electron chi connectivity index (χ4n) is 3.82. The molecule has 0 radical (unpaired) electrons. The predicted octanol–water partition coefficient (Wildman–Crippen LogP) is 2.74. The van der Waals surface area contributed by atoms with E-state index in [1.807, 2.05) is 11.8 Å². The smallest absolute Gasteiger partial charge is 0.257 e. The Balaban J connectivity index is 1.60. The molecule has 1 saturated heterocycles. The highest BCUT2D eigenvalue weighted by atomic mass is 16.3. The zero-order chi connectivity index (χ0) is 25.4. The van der Waals surface area contributed by atoms with Crippen LogP contribution in [0.4, 0.5) is 11.5 Å². The summed E-state index contributed by atoms with van der Waals surface area (Å²) in [4.78, 5) is 23.6. The Kier molecular flexibility index (Phi) is 5.93. The second-order valence-electron chi connectivity index (χ2n) is 9.44. The van der Waals surface area contributed by atoms with Crippen molar-refractivity contribution in [2.24, 2.45) is 0 Å². The van der Waals surface area contributed by atoms with E-state index in [1.54, 1.807) is 51.4 Å². The number of carbonyl (C=O) groups is 1. The molecular formula is C25H24N8O2. The number of nitriles is 2. The van der Waals surface area contributed by atoms with Crippen LogP contribution in [0.3, 0.4) is 0 Å². The zero-order valence-corrected chi connectivity index (χ0v) is 19.9. The molecule has 4 heterocycles. The maximum absolute atomic E-state index is 12.9. The third-order valence-corrected chi connectivity index (χ3v) is 5.84. The molecule has 0 unspecified atom stereocenters. The molecule has 0 aliphatic carbocycles. The summed E-state index contributed by atoms with van der Waals surface area (Å²) in [5.41, 5.74) is 1.95. The largest absolute Gasteiger partial charge is 0.386 e. The van der Waals surface area contributed by atoms with E-state index in [0.29, 0.717) is 52.7 Å². The van der Waals surface area contributed by atoms with Crippen LogP contribution >= 0.6 is 0 Å². The molecule has 0 atom stereocenters. The highest BCUT2D eigenvalue weighted by molar-refractivity contribution is 6.04. The summed E-state index contributed by atoms with van der Waals surface area (Å²) in [6.07, 6.45) is 4.53. The van der Waals surface area contributed by atoms with E-state index < -0.39 is 16.9 Å². The van der Waals surface area contributed by atoms with Crippen LogP contribution in [0.25, 0.3) is 11.1 Å². The summed E-state index contributed by atoms with van der Waals surface area (Å²) < 4.78 is 0. The summed E-state index contributed by atoms with van der Waals surface area (Å²) in [7, 11) is 0. The molecule has 3 aromatic heterocycles. The standard InChI is InChI=1S/C25H24N8O2/c1-15-20(17-5-16(8-26)22(29-9-17)33-13-25(4,35)14-33)7-19(11-28-15)31-23(34)18-6-21(32-30-10-18)24(2,3)12-27/h5-7,9-11,35H,13-14H2,1-4H3,(H,31,34). The van der Waals surface area contributed by atoms with Gasteiger partial charge < -0.3 is 15.3 Å². The average molecular weight is 469 g/mol. The molecule has 1 aliphatic rings. The number of hydrogen-bond donors (Lipinski definition) is 2. The minimum atomic E-state index is -0.884. The maximum Gasteiger partial charge on any atom is 0.257 e. The highest BCUT2D eigenvalue weighted by Crippen LogP contribution is 2.32. The van der Waals surface area contributed by atoms with Crippen LogP contribution in [-0.2, 0) is 5.41 Å². The van der Waals surface area contributed by atoms with E-state index in [2.05, 4.69) is 37.6 Å². The van der Waals surface area contributed by atoms with Gasteiger partial charge in [-0.3, -0.25) is 9.78 Å². The molecule has 10 heteroatoms. The van der Waals surface area contributed by atoms with E-state index in [9.17, 15) is 20.4 Å². The number of amides is 1.